The summed E-state index contributed by atoms with van der Waals surface area (Å²) < 4.78 is 0. The Labute approximate surface area is 78.3 Å². The molecule has 5 heteroatoms. The molecule has 5 nitrogen and oxygen atoms in total. The fraction of sp³-hybridized carbons (Fsp3) is 0.875. The van der Waals surface area contributed by atoms with Gasteiger partial charge in [-0.15, -0.1) is 0 Å². The van der Waals surface area contributed by atoms with Gasteiger partial charge in [0.05, 0.1) is 0 Å². The van der Waals surface area contributed by atoms with Crippen LogP contribution in [0, 0.1) is 0 Å². The molecular formula is C8H16N4O. The van der Waals surface area contributed by atoms with Gasteiger partial charge in [0.1, 0.15) is 5.78 Å². The molecule has 0 fully saturated rings. The standard InChI is InChI=1S/C8H16N4O/c1-7(10-11-9)6-12(3)5-4-8(2)13/h7H,4-6H2,1-3H3. The summed E-state index contributed by atoms with van der Waals surface area (Å²) in [6.45, 7) is 4.84. The molecule has 0 aliphatic carbocycles. The first kappa shape index (κ1) is 11.9. The van der Waals surface area contributed by atoms with E-state index in [1.165, 1.54) is 0 Å². The van der Waals surface area contributed by atoms with Gasteiger partial charge in [-0.05, 0) is 19.5 Å². The normalized spacial score (nSPS) is 12.3. The Kier molecular flexibility index (Phi) is 5.93. The lowest BCUT2D eigenvalue weighted by molar-refractivity contribution is -0.117. The van der Waals surface area contributed by atoms with Crippen molar-refractivity contribution < 1.29 is 4.79 Å². The molecule has 0 aromatic rings. The minimum absolute atomic E-state index is 0.0399. The summed E-state index contributed by atoms with van der Waals surface area (Å²) in [7, 11) is 1.91. The molecule has 0 radical (unpaired) electrons. The van der Waals surface area contributed by atoms with Gasteiger partial charge in [-0.3, -0.25) is 4.79 Å². The lowest BCUT2D eigenvalue weighted by Crippen LogP contribution is -2.28. The lowest BCUT2D eigenvalue weighted by Gasteiger charge is -2.17. The molecule has 1 atom stereocenters. The molecular weight excluding hydrogens is 168 g/mol. The number of likely N-dealkylation sites (N-methyl/N-ethyl adjacent to an activating group) is 1. The van der Waals surface area contributed by atoms with Crippen LogP contribution >= 0.6 is 0 Å². The summed E-state index contributed by atoms with van der Waals surface area (Å²) >= 11 is 0. The van der Waals surface area contributed by atoms with Crippen molar-refractivity contribution >= 4 is 5.78 Å². The van der Waals surface area contributed by atoms with E-state index in [1.807, 2.05) is 18.9 Å². The molecule has 0 amide bonds. The molecule has 0 heterocycles. The number of rotatable bonds is 6. The van der Waals surface area contributed by atoms with Crippen LogP contribution in [0.1, 0.15) is 20.3 Å². The summed E-state index contributed by atoms with van der Waals surface area (Å²) in [5.41, 5.74) is 8.15. The Morgan fingerprint density at radius 1 is 1.69 bits per heavy atom. The molecule has 0 aliphatic rings. The van der Waals surface area contributed by atoms with Gasteiger partial charge < -0.3 is 4.90 Å². The van der Waals surface area contributed by atoms with Crippen LogP contribution in [-0.2, 0) is 4.79 Å². The smallest absolute Gasteiger partial charge is 0.131 e. The average Bonchev–Trinajstić information content (AvgIpc) is 2.01. The molecule has 0 N–H and O–H groups in total. The van der Waals surface area contributed by atoms with Crippen molar-refractivity contribution in [1.82, 2.24) is 4.90 Å². The predicted octanol–water partition coefficient (Wildman–Crippen LogP) is 1.60. The summed E-state index contributed by atoms with van der Waals surface area (Å²) in [5, 5.41) is 3.55. The monoisotopic (exact) mass is 184 g/mol. The summed E-state index contributed by atoms with van der Waals surface area (Å²) in [6.07, 6.45) is 0.555. The van der Waals surface area contributed by atoms with E-state index in [0.29, 0.717) is 13.0 Å². The number of carbonyl (C=O) groups is 1. The van der Waals surface area contributed by atoms with Crippen molar-refractivity contribution in [2.75, 3.05) is 20.1 Å². The molecule has 0 spiro atoms. The zero-order valence-electron chi connectivity index (χ0n) is 8.40. The van der Waals surface area contributed by atoms with Gasteiger partial charge in [-0.1, -0.05) is 12.0 Å². The Morgan fingerprint density at radius 2 is 2.31 bits per heavy atom. The molecule has 0 aromatic carbocycles. The molecule has 0 bridgehead atoms. The highest BCUT2D eigenvalue weighted by Gasteiger charge is 2.04. The second-order valence-corrected chi connectivity index (χ2v) is 3.27. The summed E-state index contributed by atoms with van der Waals surface area (Å²) in [5.74, 6) is 0.184. The van der Waals surface area contributed by atoms with Crippen molar-refractivity contribution in [1.29, 1.82) is 0 Å². The van der Waals surface area contributed by atoms with Crippen LogP contribution in [0.5, 0.6) is 0 Å². The second-order valence-electron chi connectivity index (χ2n) is 3.27. The molecule has 0 aliphatic heterocycles. The number of ketones is 1. The Morgan fingerprint density at radius 3 is 2.77 bits per heavy atom. The van der Waals surface area contributed by atoms with Crippen LogP contribution in [-0.4, -0.2) is 36.9 Å². The number of azide groups is 1. The van der Waals surface area contributed by atoms with Crippen molar-refractivity contribution in [2.45, 2.75) is 26.3 Å². The van der Waals surface area contributed by atoms with E-state index in [4.69, 9.17) is 5.53 Å². The largest absolute Gasteiger partial charge is 0.306 e. The van der Waals surface area contributed by atoms with Gasteiger partial charge in [0.15, 0.2) is 0 Å². The molecule has 0 aromatic heterocycles. The number of hydrogen-bond donors (Lipinski definition) is 0. The Hall–Kier alpha value is -1.06. The fourth-order valence-electron chi connectivity index (χ4n) is 1.02. The minimum atomic E-state index is -0.0399. The Balaban J connectivity index is 3.66. The third-order valence-corrected chi connectivity index (χ3v) is 1.67. The zero-order chi connectivity index (χ0) is 10.3. The number of carbonyl (C=O) groups excluding carboxylic acids is 1. The lowest BCUT2D eigenvalue weighted by atomic mass is 10.3. The first-order chi connectivity index (χ1) is 6.06. The van der Waals surface area contributed by atoms with E-state index in [0.717, 1.165) is 6.54 Å². The van der Waals surface area contributed by atoms with E-state index in [1.54, 1.807) is 6.92 Å². The van der Waals surface area contributed by atoms with Crippen LogP contribution < -0.4 is 0 Å². The summed E-state index contributed by atoms with van der Waals surface area (Å²) in [6, 6.07) is -0.0399. The molecule has 0 saturated heterocycles. The van der Waals surface area contributed by atoms with E-state index in [9.17, 15) is 4.79 Å². The van der Waals surface area contributed by atoms with Crippen molar-refractivity contribution in [3.05, 3.63) is 10.4 Å². The average molecular weight is 184 g/mol. The third-order valence-electron chi connectivity index (χ3n) is 1.67. The van der Waals surface area contributed by atoms with Crippen molar-refractivity contribution in [2.24, 2.45) is 5.11 Å². The van der Waals surface area contributed by atoms with Crippen LogP contribution in [0.15, 0.2) is 5.11 Å². The van der Waals surface area contributed by atoms with Crippen LogP contribution in [0.25, 0.3) is 10.4 Å². The van der Waals surface area contributed by atoms with Gasteiger partial charge in [0.2, 0.25) is 0 Å². The maximum atomic E-state index is 10.7. The van der Waals surface area contributed by atoms with E-state index >= 15 is 0 Å². The predicted molar refractivity (Wildman–Crippen MR) is 51.4 cm³/mol. The highest BCUT2D eigenvalue weighted by atomic mass is 16.1. The second kappa shape index (κ2) is 6.46. The maximum absolute atomic E-state index is 10.7. The van der Waals surface area contributed by atoms with Crippen molar-refractivity contribution in [3.8, 4) is 0 Å². The van der Waals surface area contributed by atoms with Gasteiger partial charge in [-0.25, -0.2) is 0 Å². The maximum Gasteiger partial charge on any atom is 0.131 e. The Bertz CT molecular complexity index is 210. The topological polar surface area (TPSA) is 69.1 Å². The highest BCUT2D eigenvalue weighted by molar-refractivity contribution is 5.75. The van der Waals surface area contributed by atoms with E-state index < -0.39 is 0 Å². The fourth-order valence-corrected chi connectivity index (χ4v) is 1.02. The van der Waals surface area contributed by atoms with E-state index in [2.05, 4.69) is 10.0 Å². The van der Waals surface area contributed by atoms with Crippen LogP contribution in [0.3, 0.4) is 0 Å². The first-order valence-corrected chi connectivity index (χ1v) is 4.28. The minimum Gasteiger partial charge on any atom is -0.306 e. The van der Waals surface area contributed by atoms with Crippen LogP contribution in [0.2, 0.25) is 0 Å². The van der Waals surface area contributed by atoms with Gasteiger partial charge in [0.25, 0.3) is 0 Å². The van der Waals surface area contributed by atoms with Gasteiger partial charge >= 0.3 is 0 Å². The molecule has 74 valence electrons. The van der Waals surface area contributed by atoms with Gasteiger partial charge in [0, 0.05) is 30.5 Å². The van der Waals surface area contributed by atoms with Gasteiger partial charge in [-0.2, -0.15) is 0 Å². The highest BCUT2D eigenvalue weighted by Crippen LogP contribution is 1.95. The molecule has 0 saturated carbocycles. The van der Waals surface area contributed by atoms with E-state index in [-0.39, 0.29) is 11.8 Å². The SMILES string of the molecule is CC(=O)CCN(C)CC(C)N=[N+]=[N-]. The zero-order valence-corrected chi connectivity index (χ0v) is 8.40. The summed E-state index contributed by atoms with van der Waals surface area (Å²) in [4.78, 5) is 15.4. The molecule has 0 rings (SSSR count). The van der Waals surface area contributed by atoms with Crippen molar-refractivity contribution in [3.63, 3.8) is 0 Å². The van der Waals surface area contributed by atoms with Crippen LogP contribution in [0.4, 0.5) is 0 Å². The molecule has 1 unspecified atom stereocenters. The number of Topliss-reactive ketones (excluding diaryl/α,β-unsaturated/α-hetero) is 1. The molecule has 13 heavy (non-hydrogen) atoms. The number of hydrogen-bond acceptors (Lipinski definition) is 3. The first-order valence-electron chi connectivity index (χ1n) is 4.28. The third kappa shape index (κ3) is 7.31. The number of nitrogens with zero attached hydrogens (tertiary/aromatic N) is 4. The quantitative estimate of drug-likeness (QED) is 0.357.